The Labute approximate surface area is 181 Å². The summed E-state index contributed by atoms with van der Waals surface area (Å²) < 4.78 is 0. The van der Waals surface area contributed by atoms with Crippen LogP contribution in [-0.4, -0.2) is 29.9 Å². The highest BCUT2D eigenvalue weighted by atomic mass is 16.3. The van der Waals surface area contributed by atoms with Crippen LogP contribution in [0.25, 0.3) is 0 Å². The highest BCUT2D eigenvalue weighted by molar-refractivity contribution is 6.07. The van der Waals surface area contributed by atoms with E-state index in [2.05, 4.69) is 51.4 Å². The van der Waals surface area contributed by atoms with Crippen LogP contribution in [0.15, 0.2) is 88.5 Å². The topological polar surface area (TPSA) is 75.7 Å². The Hall–Kier alpha value is -2.72. The van der Waals surface area contributed by atoms with Gasteiger partial charge in [-0.05, 0) is 61.8 Å². The molecule has 3 N–H and O–H groups in total. The Morgan fingerprint density at radius 1 is 1.27 bits per heavy atom. The minimum Gasteiger partial charge on any atom is -0.394 e. The number of amides is 1. The summed E-state index contributed by atoms with van der Waals surface area (Å²) in [5.41, 5.74) is 10.9. The van der Waals surface area contributed by atoms with Crippen LogP contribution in [0.2, 0.25) is 0 Å². The number of aliphatic hydroxyl groups excluding tert-OH is 1. The number of nitrogens with two attached hydrogens (primary N) is 1. The summed E-state index contributed by atoms with van der Waals surface area (Å²) in [4.78, 5) is 15.2. The van der Waals surface area contributed by atoms with Crippen molar-refractivity contribution in [1.29, 1.82) is 0 Å². The predicted molar refractivity (Wildman–Crippen MR) is 128 cm³/mol. The van der Waals surface area contributed by atoms with E-state index in [-0.39, 0.29) is 18.6 Å². The lowest BCUT2D eigenvalue weighted by molar-refractivity contribution is -0.113. The summed E-state index contributed by atoms with van der Waals surface area (Å²) >= 11 is 0. The molecule has 0 aromatic carbocycles. The summed E-state index contributed by atoms with van der Waals surface area (Å²) in [7, 11) is 0. The molecule has 0 bridgehead atoms. The Morgan fingerprint density at radius 2 is 2.00 bits per heavy atom. The summed E-state index contributed by atoms with van der Waals surface area (Å²) in [6, 6.07) is 0. The molecule has 1 amide bonds. The van der Waals surface area contributed by atoms with Crippen LogP contribution < -0.4 is 5.73 Å². The third-order valence-corrected chi connectivity index (χ3v) is 5.07. The van der Waals surface area contributed by atoms with Gasteiger partial charge in [-0.25, -0.2) is 0 Å². The van der Waals surface area contributed by atoms with Gasteiger partial charge in [0.2, 0.25) is 5.91 Å². The molecule has 0 aliphatic heterocycles. The molecule has 0 radical (unpaired) electrons. The molecule has 1 aliphatic carbocycles. The number of primary amides is 1. The highest BCUT2D eigenvalue weighted by Crippen LogP contribution is 2.40. The van der Waals surface area contributed by atoms with Gasteiger partial charge in [-0.3, -0.25) is 9.79 Å². The molecular weight excluding hydrogens is 372 g/mol. The van der Waals surface area contributed by atoms with Gasteiger partial charge < -0.3 is 10.8 Å². The van der Waals surface area contributed by atoms with Crippen molar-refractivity contribution >= 4 is 11.6 Å². The fourth-order valence-electron chi connectivity index (χ4n) is 3.43. The van der Waals surface area contributed by atoms with E-state index in [1.165, 1.54) is 42.6 Å². The van der Waals surface area contributed by atoms with Crippen LogP contribution in [0, 0.1) is 5.41 Å². The summed E-state index contributed by atoms with van der Waals surface area (Å²) in [6.45, 7) is 13.0. The van der Waals surface area contributed by atoms with Crippen LogP contribution in [0.4, 0.5) is 0 Å². The van der Waals surface area contributed by atoms with Gasteiger partial charge in [0, 0.05) is 6.08 Å². The average Bonchev–Trinajstić information content (AvgIpc) is 2.67. The molecular formula is C26H36N2O2. The normalized spacial score (nSPS) is 18.8. The minimum absolute atomic E-state index is 0.0675. The van der Waals surface area contributed by atoms with Crippen molar-refractivity contribution in [2.45, 2.75) is 47.0 Å². The monoisotopic (exact) mass is 408 g/mol. The van der Waals surface area contributed by atoms with E-state index in [4.69, 9.17) is 10.8 Å². The lowest BCUT2D eigenvalue weighted by Gasteiger charge is -2.32. The molecule has 0 saturated heterocycles. The molecule has 1 rings (SSSR count). The average molecular weight is 409 g/mol. The molecule has 0 spiro atoms. The number of aliphatic hydroxyl groups is 1. The maximum atomic E-state index is 11.0. The molecule has 0 aromatic heterocycles. The zero-order chi connectivity index (χ0) is 22.6. The van der Waals surface area contributed by atoms with Gasteiger partial charge in [0.05, 0.1) is 18.9 Å². The quantitative estimate of drug-likeness (QED) is 0.298. The molecule has 162 valence electrons. The van der Waals surface area contributed by atoms with Crippen LogP contribution in [0.5, 0.6) is 0 Å². The summed E-state index contributed by atoms with van der Waals surface area (Å²) in [5.74, 6) is -0.548. The van der Waals surface area contributed by atoms with E-state index >= 15 is 0 Å². The highest BCUT2D eigenvalue weighted by Gasteiger charge is 2.26. The van der Waals surface area contributed by atoms with Crippen LogP contribution in [0.3, 0.4) is 0 Å². The number of carbonyl (C=O) groups is 1. The Bertz CT molecular complexity index is 831. The largest absolute Gasteiger partial charge is 0.394 e. The summed E-state index contributed by atoms with van der Waals surface area (Å²) in [5, 5.41) is 8.98. The smallest absolute Gasteiger partial charge is 0.241 e. The van der Waals surface area contributed by atoms with Crippen molar-refractivity contribution in [3.05, 3.63) is 83.6 Å². The first kappa shape index (κ1) is 25.3. The minimum atomic E-state index is -0.548. The van der Waals surface area contributed by atoms with Crippen LogP contribution >= 0.6 is 0 Å². The molecule has 1 aliphatic rings. The van der Waals surface area contributed by atoms with Crippen LogP contribution in [0.1, 0.15) is 47.0 Å². The number of hydrogen-bond donors (Lipinski definition) is 2. The standard InChI is InChI=1S/C26H36N2O2/c1-6-22(19-23(28-17-18-29)13-15-25(27)30)11-7-9-20(2)12-14-24-21(3)10-8-16-26(24,4)5/h6-7,9,11-15,19,29H,1,8,10,16-18H2,2-5H3,(H2,27,30)/b11-7+,14-12+,15-13+,20-9+,22-19+,28-23?. The van der Waals surface area contributed by atoms with Gasteiger partial charge in [-0.1, -0.05) is 68.0 Å². The maximum absolute atomic E-state index is 11.0. The Kier molecular flexibility index (Phi) is 10.8. The Morgan fingerprint density at radius 3 is 2.60 bits per heavy atom. The van der Waals surface area contributed by atoms with Gasteiger partial charge in [0.1, 0.15) is 0 Å². The lowest BCUT2D eigenvalue weighted by atomic mass is 9.72. The lowest BCUT2D eigenvalue weighted by Crippen LogP contribution is -2.19. The maximum Gasteiger partial charge on any atom is 0.241 e. The van der Waals surface area contributed by atoms with Crippen molar-refractivity contribution in [3.8, 4) is 0 Å². The van der Waals surface area contributed by atoms with Crippen molar-refractivity contribution in [2.24, 2.45) is 16.1 Å². The van der Waals surface area contributed by atoms with E-state index in [0.717, 1.165) is 11.1 Å². The van der Waals surface area contributed by atoms with E-state index in [1.807, 2.05) is 18.2 Å². The first-order valence-electron chi connectivity index (χ1n) is 10.4. The fraction of sp³-hybridized carbons (Fsp3) is 0.385. The first-order valence-corrected chi connectivity index (χ1v) is 10.4. The van der Waals surface area contributed by atoms with Gasteiger partial charge in [-0.15, -0.1) is 0 Å². The van der Waals surface area contributed by atoms with Gasteiger partial charge >= 0.3 is 0 Å². The number of rotatable bonds is 10. The second kappa shape index (κ2) is 12.8. The third-order valence-electron chi connectivity index (χ3n) is 5.07. The number of nitrogens with zero attached hydrogens (tertiary/aromatic N) is 1. The molecule has 0 heterocycles. The van der Waals surface area contributed by atoms with E-state index in [9.17, 15) is 4.79 Å². The van der Waals surface area contributed by atoms with Crippen molar-refractivity contribution in [2.75, 3.05) is 13.2 Å². The predicted octanol–water partition coefficient (Wildman–Crippen LogP) is 5.16. The van der Waals surface area contributed by atoms with Crippen molar-refractivity contribution in [1.82, 2.24) is 0 Å². The Balaban J connectivity index is 2.96. The van der Waals surface area contributed by atoms with Crippen LogP contribution in [-0.2, 0) is 4.79 Å². The molecule has 0 atom stereocenters. The number of hydrogen-bond acceptors (Lipinski definition) is 3. The second-order valence-electron chi connectivity index (χ2n) is 8.15. The molecule has 30 heavy (non-hydrogen) atoms. The second-order valence-corrected chi connectivity index (χ2v) is 8.15. The van der Waals surface area contributed by atoms with E-state index < -0.39 is 5.91 Å². The van der Waals surface area contributed by atoms with Gasteiger partial charge in [-0.2, -0.15) is 0 Å². The van der Waals surface area contributed by atoms with Gasteiger partial charge in [0.15, 0.2) is 0 Å². The first-order chi connectivity index (χ1) is 14.2. The zero-order valence-corrected chi connectivity index (χ0v) is 18.8. The van der Waals surface area contributed by atoms with Crippen molar-refractivity contribution < 1.29 is 9.90 Å². The molecule has 4 heteroatoms. The van der Waals surface area contributed by atoms with E-state index in [0.29, 0.717) is 5.71 Å². The summed E-state index contributed by atoms with van der Waals surface area (Å²) in [6.07, 6.45) is 20.3. The number of allylic oxidation sites excluding steroid dienone is 12. The SMILES string of the molecule is C=CC(/C=C/C=C(C)/C=C/C1=C(C)CCCC1(C)C)=C\C(/C=C/C(N)=O)=NCCO. The molecule has 0 aromatic rings. The third kappa shape index (κ3) is 9.19. The van der Waals surface area contributed by atoms with E-state index in [1.54, 1.807) is 12.2 Å². The van der Waals surface area contributed by atoms with Gasteiger partial charge in [0.25, 0.3) is 0 Å². The molecule has 0 fully saturated rings. The zero-order valence-electron chi connectivity index (χ0n) is 18.8. The molecule has 0 saturated carbocycles. The van der Waals surface area contributed by atoms with Crippen molar-refractivity contribution in [3.63, 3.8) is 0 Å². The number of carbonyl (C=O) groups excluding carboxylic acids is 1. The number of aliphatic imine (C=N–C) groups is 1. The fourth-order valence-corrected chi connectivity index (χ4v) is 3.43. The molecule has 0 unspecified atom stereocenters. The molecule has 4 nitrogen and oxygen atoms in total.